The number of fused-ring (bicyclic) bond motifs is 1. The molecule has 0 fully saturated rings. The molecule has 8 nitrogen and oxygen atoms in total. The summed E-state index contributed by atoms with van der Waals surface area (Å²) in [4.78, 5) is 28.8. The number of ether oxygens (including phenoxy) is 1. The highest BCUT2D eigenvalue weighted by Gasteiger charge is 2.31. The van der Waals surface area contributed by atoms with Gasteiger partial charge in [-0.05, 0) is 29.7 Å². The fourth-order valence-electron chi connectivity index (χ4n) is 4.03. The van der Waals surface area contributed by atoms with Crippen LogP contribution in [0.5, 0.6) is 0 Å². The standard InChI is InChI=1S/C27H29N5O3/c1-35-19-17-28-27(34)26(22-12-6-3-7-13-22)31(18-16-21-10-4-2-5-11-21)25(33)20-32-24-15-9-8-14-23(24)29-30-32/h2-15,26H,16-20H2,1H3,(H,28,34). The summed E-state index contributed by atoms with van der Waals surface area (Å²) in [5.41, 5.74) is 3.31. The Morgan fingerprint density at radius 3 is 2.40 bits per heavy atom. The third kappa shape index (κ3) is 6.10. The number of hydrogen-bond acceptors (Lipinski definition) is 5. The summed E-state index contributed by atoms with van der Waals surface area (Å²) in [5, 5.41) is 11.2. The smallest absolute Gasteiger partial charge is 0.247 e. The second-order valence-electron chi connectivity index (χ2n) is 8.16. The van der Waals surface area contributed by atoms with Crippen LogP contribution in [0.2, 0.25) is 0 Å². The van der Waals surface area contributed by atoms with Crippen molar-refractivity contribution in [3.63, 3.8) is 0 Å². The Morgan fingerprint density at radius 1 is 0.971 bits per heavy atom. The lowest BCUT2D eigenvalue weighted by molar-refractivity contribution is -0.141. The SMILES string of the molecule is COCCNC(=O)C(c1ccccc1)N(CCc1ccccc1)C(=O)Cn1nnc2ccccc21. The van der Waals surface area contributed by atoms with Crippen LogP contribution in [-0.4, -0.2) is 58.5 Å². The molecule has 2 amide bonds. The second-order valence-corrected chi connectivity index (χ2v) is 8.16. The molecule has 0 radical (unpaired) electrons. The van der Waals surface area contributed by atoms with Crippen molar-refractivity contribution in [2.24, 2.45) is 0 Å². The Morgan fingerprint density at radius 2 is 1.66 bits per heavy atom. The Hall–Kier alpha value is -4.04. The summed E-state index contributed by atoms with van der Waals surface area (Å²) >= 11 is 0. The maximum absolute atomic E-state index is 13.8. The number of para-hydroxylation sites is 1. The van der Waals surface area contributed by atoms with Crippen LogP contribution in [0.4, 0.5) is 0 Å². The first-order chi connectivity index (χ1) is 17.2. The zero-order valence-corrected chi connectivity index (χ0v) is 19.7. The van der Waals surface area contributed by atoms with Gasteiger partial charge in [0, 0.05) is 20.2 Å². The molecule has 1 heterocycles. The van der Waals surface area contributed by atoms with E-state index < -0.39 is 6.04 Å². The molecule has 35 heavy (non-hydrogen) atoms. The predicted molar refractivity (Wildman–Crippen MR) is 133 cm³/mol. The fourth-order valence-corrected chi connectivity index (χ4v) is 4.03. The van der Waals surface area contributed by atoms with Crippen molar-refractivity contribution < 1.29 is 14.3 Å². The summed E-state index contributed by atoms with van der Waals surface area (Å²) in [5.74, 6) is -0.467. The fraction of sp³-hybridized carbons (Fsp3) is 0.259. The molecule has 0 aliphatic carbocycles. The van der Waals surface area contributed by atoms with Crippen LogP contribution < -0.4 is 5.32 Å². The highest BCUT2D eigenvalue weighted by Crippen LogP contribution is 2.23. The average Bonchev–Trinajstić information content (AvgIpc) is 3.30. The minimum atomic E-state index is -0.793. The molecule has 4 rings (SSSR count). The zero-order valence-electron chi connectivity index (χ0n) is 19.7. The lowest BCUT2D eigenvalue weighted by Gasteiger charge is -2.31. The molecule has 0 aliphatic rings. The molecule has 4 aromatic rings. The molecule has 8 heteroatoms. The molecule has 0 aliphatic heterocycles. The highest BCUT2D eigenvalue weighted by molar-refractivity contribution is 5.89. The summed E-state index contributed by atoms with van der Waals surface area (Å²) in [6.45, 7) is 1.08. The summed E-state index contributed by atoms with van der Waals surface area (Å²) in [7, 11) is 1.58. The van der Waals surface area contributed by atoms with Crippen LogP contribution in [0.1, 0.15) is 17.2 Å². The average molecular weight is 472 g/mol. The molecule has 180 valence electrons. The van der Waals surface area contributed by atoms with E-state index in [9.17, 15) is 9.59 Å². The number of benzene rings is 3. The van der Waals surface area contributed by atoms with Crippen LogP contribution in [-0.2, 0) is 27.3 Å². The number of nitrogens with one attached hydrogen (secondary N) is 1. The van der Waals surface area contributed by atoms with Gasteiger partial charge in [-0.15, -0.1) is 5.10 Å². The number of methoxy groups -OCH3 is 1. The summed E-state index contributed by atoms with van der Waals surface area (Å²) < 4.78 is 6.67. The Labute approximate surface area is 204 Å². The van der Waals surface area contributed by atoms with E-state index in [1.807, 2.05) is 84.9 Å². The molecule has 0 bridgehead atoms. The summed E-state index contributed by atoms with van der Waals surface area (Å²) in [6, 6.07) is 26.0. The van der Waals surface area contributed by atoms with Crippen molar-refractivity contribution in [3.8, 4) is 0 Å². The highest BCUT2D eigenvalue weighted by atomic mass is 16.5. The summed E-state index contributed by atoms with van der Waals surface area (Å²) in [6.07, 6.45) is 0.610. The van der Waals surface area contributed by atoms with Gasteiger partial charge in [-0.3, -0.25) is 9.59 Å². The van der Waals surface area contributed by atoms with Crippen LogP contribution in [0.15, 0.2) is 84.9 Å². The van der Waals surface area contributed by atoms with Crippen molar-refractivity contribution in [3.05, 3.63) is 96.1 Å². The van der Waals surface area contributed by atoms with Crippen LogP contribution in [0.25, 0.3) is 11.0 Å². The Bertz CT molecular complexity index is 1240. The molecular formula is C27H29N5O3. The number of carbonyl (C=O) groups is 2. The molecule has 1 N–H and O–H groups in total. The monoisotopic (exact) mass is 471 g/mol. The number of nitrogens with zero attached hydrogens (tertiary/aromatic N) is 4. The number of amides is 2. The zero-order chi connectivity index (χ0) is 24.5. The van der Waals surface area contributed by atoms with Crippen LogP contribution in [0, 0.1) is 0 Å². The number of hydrogen-bond donors (Lipinski definition) is 1. The number of rotatable bonds is 11. The van der Waals surface area contributed by atoms with Gasteiger partial charge >= 0.3 is 0 Å². The van der Waals surface area contributed by atoms with Gasteiger partial charge in [-0.25, -0.2) is 4.68 Å². The molecule has 0 saturated carbocycles. The van der Waals surface area contributed by atoms with Crippen molar-refractivity contribution in [2.45, 2.75) is 19.0 Å². The van der Waals surface area contributed by atoms with E-state index in [-0.39, 0.29) is 18.4 Å². The minimum absolute atomic E-state index is 0.0238. The Balaban J connectivity index is 1.65. The normalized spacial score (nSPS) is 11.8. The number of carbonyl (C=O) groups excluding carboxylic acids is 2. The van der Waals surface area contributed by atoms with Crippen LogP contribution >= 0.6 is 0 Å². The van der Waals surface area contributed by atoms with Gasteiger partial charge in [-0.2, -0.15) is 0 Å². The predicted octanol–water partition coefficient (Wildman–Crippen LogP) is 3.01. The third-order valence-corrected chi connectivity index (χ3v) is 5.79. The van der Waals surface area contributed by atoms with Gasteiger partial charge in [0.2, 0.25) is 11.8 Å². The van der Waals surface area contributed by atoms with Gasteiger partial charge in [0.25, 0.3) is 0 Å². The third-order valence-electron chi connectivity index (χ3n) is 5.79. The topological polar surface area (TPSA) is 89.4 Å². The largest absolute Gasteiger partial charge is 0.383 e. The van der Waals surface area contributed by atoms with Crippen molar-refractivity contribution in [2.75, 3.05) is 26.8 Å². The first-order valence-electron chi connectivity index (χ1n) is 11.6. The van der Waals surface area contributed by atoms with Gasteiger partial charge in [-0.1, -0.05) is 78.0 Å². The van der Waals surface area contributed by atoms with E-state index >= 15 is 0 Å². The molecule has 1 aromatic heterocycles. The second kappa shape index (κ2) is 11.9. The van der Waals surface area contributed by atoms with Crippen molar-refractivity contribution in [1.29, 1.82) is 0 Å². The van der Waals surface area contributed by atoms with E-state index in [0.29, 0.717) is 31.6 Å². The van der Waals surface area contributed by atoms with Crippen LogP contribution in [0.3, 0.4) is 0 Å². The molecule has 3 aromatic carbocycles. The molecular weight excluding hydrogens is 442 g/mol. The minimum Gasteiger partial charge on any atom is -0.383 e. The maximum atomic E-state index is 13.8. The Kier molecular flexibility index (Phi) is 8.19. The lowest BCUT2D eigenvalue weighted by atomic mass is 10.0. The molecule has 1 atom stereocenters. The molecule has 1 unspecified atom stereocenters. The number of aromatic nitrogens is 3. The van der Waals surface area contributed by atoms with Gasteiger partial charge in [0.15, 0.2) is 0 Å². The lowest BCUT2D eigenvalue weighted by Crippen LogP contribution is -2.46. The van der Waals surface area contributed by atoms with Gasteiger partial charge in [0.1, 0.15) is 18.1 Å². The quantitative estimate of drug-likeness (QED) is 0.340. The molecule has 0 spiro atoms. The van der Waals surface area contributed by atoms with Gasteiger partial charge in [0.05, 0.1) is 12.1 Å². The van der Waals surface area contributed by atoms with Crippen molar-refractivity contribution in [1.82, 2.24) is 25.2 Å². The first-order valence-corrected chi connectivity index (χ1v) is 11.6. The van der Waals surface area contributed by atoms with E-state index in [1.165, 1.54) is 0 Å². The molecule has 0 saturated heterocycles. The van der Waals surface area contributed by atoms with E-state index in [0.717, 1.165) is 16.6 Å². The van der Waals surface area contributed by atoms with Gasteiger partial charge < -0.3 is 15.0 Å². The maximum Gasteiger partial charge on any atom is 0.247 e. The van der Waals surface area contributed by atoms with E-state index in [2.05, 4.69) is 15.6 Å². The van der Waals surface area contributed by atoms with E-state index in [4.69, 9.17) is 4.74 Å². The van der Waals surface area contributed by atoms with E-state index in [1.54, 1.807) is 16.7 Å². The first kappa shape index (κ1) is 24.1. The van der Waals surface area contributed by atoms with Crippen molar-refractivity contribution >= 4 is 22.8 Å².